The lowest BCUT2D eigenvalue weighted by Crippen LogP contribution is -2.42. The molecule has 3 nitrogen and oxygen atoms in total. The van der Waals surface area contributed by atoms with Gasteiger partial charge in [0.15, 0.2) is 0 Å². The van der Waals surface area contributed by atoms with Gasteiger partial charge in [0.1, 0.15) is 5.60 Å². The zero-order valence-electron chi connectivity index (χ0n) is 11.0. The maximum atomic E-state index is 10.1. The van der Waals surface area contributed by atoms with E-state index in [1.54, 1.807) is 0 Å². The van der Waals surface area contributed by atoms with E-state index in [0.29, 0.717) is 25.7 Å². The van der Waals surface area contributed by atoms with Crippen LogP contribution in [0.25, 0.3) is 0 Å². The van der Waals surface area contributed by atoms with Crippen LogP contribution in [0.2, 0.25) is 0 Å². The summed E-state index contributed by atoms with van der Waals surface area (Å²) in [4.78, 5) is 0. The molecule has 98 valence electrons. The lowest BCUT2D eigenvalue weighted by atomic mass is 9.83. The molecule has 0 amide bonds. The minimum Gasteiger partial charge on any atom is -0.386 e. The normalized spacial score (nSPS) is 38.2. The van der Waals surface area contributed by atoms with Crippen LogP contribution in [0.15, 0.2) is 11.6 Å². The fraction of sp³-hybridized carbons (Fsp3) is 0.857. The van der Waals surface area contributed by atoms with Crippen LogP contribution in [0.5, 0.6) is 0 Å². The number of rotatable bonds is 4. The van der Waals surface area contributed by atoms with Gasteiger partial charge >= 0.3 is 0 Å². The fourth-order valence-electron chi connectivity index (χ4n) is 3.09. The molecule has 0 spiro atoms. The number of ether oxygens (including phenoxy) is 1. The molecule has 3 unspecified atom stereocenters. The Bertz CT molecular complexity index is 282. The van der Waals surface area contributed by atoms with Gasteiger partial charge < -0.3 is 15.2 Å². The van der Waals surface area contributed by atoms with Crippen molar-refractivity contribution in [3.8, 4) is 0 Å². The second-order valence-corrected chi connectivity index (χ2v) is 5.95. The smallest absolute Gasteiger partial charge is 0.102 e. The molecule has 1 heterocycles. The summed E-state index contributed by atoms with van der Waals surface area (Å²) in [5, 5.41) is 13.5. The van der Waals surface area contributed by atoms with Gasteiger partial charge in [-0.2, -0.15) is 0 Å². The largest absolute Gasteiger partial charge is 0.386 e. The van der Waals surface area contributed by atoms with Gasteiger partial charge in [-0.3, -0.25) is 0 Å². The summed E-state index contributed by atoms with van der Waals surface area (Å²) < 4.78 is 5.24. The second-order valence-electron chi connectivity index (χ2n) is 5.95. The monoisotopic (exact) mass is 239 g/mol. The summed E-state index contributed by atoms with van der Waals surface area (Å²) in [7, 11) is 0. The summed E-state index contributed by atoms with van der Waals surface area (Å²) in [6, 6.07) is 0. The molecule has 1 saturated heterocycles. The number of allylic oxidation sites excluding steroid dienone is 2. The highest BCUT2D eigenvalue weighted by molar-refractivity contribution is 5.06. The number of hydrogen-bond acceptors (Lipinski definition) is 3. The molecule has 0 saturated carbocycles. The van der Waals surface area contributed by atoms with Crippen molar-refractivity contribution in [1.29, 1.82) is 0 Å². The molecular formula is C14H25NO2. The van der Waals surface area contributed by atoms with Crippen LogP contribution in [-0.2, 0) is 4.74 Å². The van der Waals surface area contributed by atoms with E-state index in [4.69, 9.17) is 4.74 Å². The lowest BCUT2D eigenvalue weighted by molar-refractivity contribution is 0.0263. The SMILES string of the molecule is CC1=CC(C)CC(CNCC2(O)CCOC2)C1. The molecule has 1 aliphatic heterocycles. The van der Waals surface area contributed by atoms with Crippen molar-refractivity contribution in [3.05, 3.63) is 11.6 Å². The Kier molecular flexibility index (Phi) is 4.23. The zero-order valence-corrected chi connectivity index (χ0v) is 11.0. The van der Waals surface area contributed by atoms with E-state index in [2.05, 4.69) is 25.2 Å². The Morgan fingerprint density at radius 1 is 1.59 bits per heavy atom. The minimum absolute atomic E-state index is 0.486. The molecular weight excluding hydrogens is 214 g/mol. The molecule has 3 atom stereocenters. The molecule has 1 fully saturated rings. The van der Waals surface area contributed by atoms with Crippen LogP contribution < -0.4 is 5.32 Å². The second kappa shape index (κ2) is 5.51. The molecule has 1 aliphatic carbocycles. The summed E-state index contributed by atoms with van der Waals surface area (Å²) in [5.74, 6) is 1.43. The Labute approximate surface area is 104 Å². The van der Waals surface area contributed by atoms with E-state index in [1.165, 1.54) is 18.4 Å². The molecule has 2 N–H and O–H groups in total. The van der Waals surface area contributed by atoms with Gasteiger partial charge in [0.25, 0.3) is 0 Å². The molecule has 17 heavy (non-hydrogen) atoms. The molecule has 0 aromatic carbocycles. The third kappa shape index (κ3) is 3.80. The number of aliphatic hydroxyl groups is 1. The average Bonchev–Trinajstić information content (AvgIpc) is 2.64. The van der Waals surface area contributed by atoms with Crippen molar-refractivity contribution < 1.29 is 9.84 Å². The fourth-order valence-corrected chi connectivity index (χ4v) is 3.09. The van der Waals surface area contributed by atoms with E-state index < -0.39 is 5.60 Å². The van der Waals surface area contributed by atoms with Crippen molar-refractivity contribution in [3.63, 3.8) is 0 Å². The topological polar surface area (TPSA) is 41.5 Å². The van der Waals surface area contributed by atoms with Crippen LogP contribution >= 0.6 is 0 Å². The van der Waals surface area contributed by atoms with E-state index in [1.807, 2.05) is 0 Å². The average molecular weight is 239 g/mol. The molecule has 0 aromatic rings. The molecule has 2 rings (SSSR count). The standard InChI is InChI=1S/C14H25NO2/c1-11-5-12(2)7-13(6-11)8-15-9-14(16)3-4-17-10-14/h5,11,13,15-16H,3-4,6-10H2,1-2H3. The van der Waals surface area contributed by atoms with Crippen LogP contribution in [0, 0.1) is 11.8 Å². The van der Waals surface area contributed by atoms with Crippen LogP contribution in [-0.4, -0.2) is 37.0 Å². The number of hydrogen-bond donors (Lipinski definition) is 2. The maximum absolute atomic E-state index is 10.1. The summed E-state index contributed by atoms with van der Waals surface area (Å²) in [5.41, 5.74) is 0.893. The van der Waals surface area contributed by atoms with Gasteiger partial charge in [-0.15, -0.1) is 0 Å². The Hall–Kier alpha value is -0.380. The van der Waals surface area contributed by atoms with Crippen LogP contribution in [0.3, 0.4) is 0 Å². The van der Waals surface area contributed by atoms with Crippen LogP contribution in [0.4, 0.5) is 0 Å². The van der Waals surface area contributed by atoms with Gasteiger partial charge in [0.05, 0.1) is 6.61 Å². The highest BCUT2D eigenvalue weighted by atomic mass is 16.5. The first-order valence-corrected chi connectivity index (χ1v) is 6.75. The molecule has 0 aromatic heterocycles. The Morgan fingerprint density at radius 2 is 2.41 bits per heavy atom. The Balaban J connectivity index is 1.70. The molecule has 0 radical (unpaired) electrons. The first-order valence-electron chi connectivity index (χ1n) is 6.75. The molecule has 2 aliphatic rings. The van der Waals surface area contributed by atoms with Gasteiger partial charge in [0.2, 0.25) is 0 Å². The predicted molar refractivity (Wildman–Crippen MR) is 68.9 cm³/mol. The third-order valence-corrected chi connectivity index (χ3v) is 3.85. The highest BCUT2D eigenvalue weighted by Gasteiger charge is 2.32. The van der Waals surface area contributed by atoms with Crippen molar-refractivity contribution in [2.45, 2.75) is 38.7 Å². The quantitative estimate of drug-likeness (QED) is 0.734. The predicted octanol–water partition coefficient (Wildman–Crippen LogP) is 1.72. The van der Waals surface area contributed by atoms with Crippen LogP contribution in [0.1, 0.15) is 33.1 Å². The van der Waals surface area contributed by atoms with Gasteiger partial charge in [-0.25, -0.2) is 0 Å². The van der Waals surface area contributed by atoms with Gasteiger partial charge in [-0.1, -0.05) is 18.6 Å². The van der Waals surface area contributed by atoms with E-state index >= 15 is 0 Å². The molecule has 3 heteroatoms. The first-order chi connectivity index (χ1) is 8.07. The lowest BCUT2D eigenvalue weighted by Gasteiger charge is -2.27. The third-order valence-electron chi connectivity index (χ3n) is 3.85. The summed E-state index contributed by atoms with van der Waals surface area (Å²) >= 11 is 0. The molecule has 0 bridgehead atoms. The minimum atomic E-state index is -0.620. The van der Waals surface area contributed by atoms with Crippen molar-refractivity contribution in [1.82, 2.24) is 5.32 Å². The van der Waals surface area contributed by atoms with Crippen molar-refractivity contribution >= 4 is 0 Å². The van der Waals surface area contributed by atoms with E-state index in [-0.39, 0.29) is 0 Å². The van der Waals surface area contributed by atoms with Gasteiger partial charge in [0, 0.05) is 19.6 Å². The van der Waals surface area contributed by atoms with E-state index in [9.17, 15) is 5.11 Å². The van der Waals surface area contributed by atoms with Crippen molar-refractivity contribution in [2.75, 3.05) is 26.3 Å². The van der Waals surface area contributed by atoms with E-state index in [0.717, 1.165) is 18.9 Å². The van der Waals surface area contributed by atoms with Crippen molar-refractivity contribution in [2.24, 2.45) is 11.8 Å². The maximum Gasteiger partial charge on any atom is 0.102 e. The number of nitrogens with one attached hydrogen (secondary N) is 1. The highest BCUT2D eigenvalue weighted by Crippen LogP contribution is 2.27. The first kappa shape index (κ1) is 13.1. The van der Waals surface area contributed by atoms with Gasteiger partial charge in [-0.05, 0) is 38.1 Å². The summed E-state index contributed by atoms with van der Waals surface area (Å²) in [6.45, 7) is 7.37. The zero-order chi connectivity index (χ0) is 12.3. The Morgan fingerprint density at radius 3 is 3.06 bits per heavy atom. The summed E-state index contributed by atoms with van der Waals surface area (Å²) in [6.07, 6.45) is 5.61.